The summed E-state index contributed by atoms with van der Waals surface area (Å²) in [5.74, 6) is -0.326. The number of esters is 1. The molecule has 0 amide bonds. The molecular weight excluding hydrogens is 192 g/mol. The van der Waals surface area contributed by atoms with Crippen LogP contribution in [0, 0.1) is 6.92 Å². The lowest BCUT2D eigenvalue weighted by atomic mass is 10.2. The molecule has 4 heteroatoms. The van der Waals surface area contributed by atoms with Crippen molar-refractivity contribution >= 4 is 17.0 Å². The highest BCUT2D eigenvalue weighted by atomic mass is 16.5. The van der Waals surface area contributed by atoms with Crippen LogP contribution in [0.15, 0.2) is 18.3 Å². The number of H-pyrrole nitrogens is 1. The van der Waals surface area contributed by atoms with Gasteiger partial charge in [-0.1, -0.05) is 0 Å². The highest BCUT2D eigenvalue weighted by molar-refractivity contribution is 5.96. The molecule has 0 unspecified atom stereocenters. The molecule has 78 valence electrons. The molecule has 0 aliphatic carbocycles. The Morgan fingerprint density at radius 1 is 1.60 bits per heavy atom. The van der Waals surface area contributed by atoms with Crippen LogP contribution in [0.3, 0.4) is 0 Å². The number of aryl methyl sites for hydroxylation is 1. The Hall–Kier alpha value is -1.84. The third-order valence-corrected chi connectivity index (χ3v) is 2.28. The van der Waals surface area contributed by atoms with E-state index in [9.17, 15) is 4.79 Å². The van der Waals surface area contributed by atoms with E-state index < -0.39 is 0 Å². The topological polar surface area (TPSA) is 55.0 Å². The fourth-order valence-corrected chi connectivity index (χ4v) is 1.56. The number of carbonyl (C=O) groups is 1. The standard InChI is InChI=1S/C11H12N2O2/c1-3-15-11(14)10-7(2)9-8(13-10)5-4-6-12-9/h4-6,13H,3H2,1-2H3. The van der Waals surface area contributed by atoms with Gasteiger partial charge in [-0.05, 0) is 26.0 Å². The number of carbonyl (C=O) groups excluding carboxylic acids is 1. The van der Waals surface area contributed by atoms with E-state index in [1.807, 2.05) is 19.1 Å². The average molecular weight is 204 g/mol. The van der Waals surface area contributed by atoms with E-state index >= 15 is 0 Å². The van der Waals surface area contributed by atoms with Crippen molar-refractivity contribution in [1.29, 1.82) is 0 Å². The van der Waals surface area contributed by atoms with E-state index in [0.717, 1.165) is 16.6 Å². The highest BCUT2D eigenvalue weighted by Gasteiger charge is 2.15. The molecule has 0 aliphatic heterocycles. The first-order valence-electron chi connectivity index (χ1n) is 4.84. The van der Waals surface area contributed by atoms with Gasteiger partial charge in [-0.2, -0.15) is 0 Å². The lowest BCUT2D eigenvalue weighted by Gasteiger charge is -1.99. The maximum Gasteiger partial charge on any atom is 0.355 e. The molecule has 0 atom stereocenters. The monoisotopic (exact) mass is 204 g/mol. The minimum atomic E-state index is -0.326. The smallest absolute Gasteiger partial charge is 0.355 e. The first-order chi connectivity index (χ1) is 7.24. The van der Waals surface area contributed by atoms with Crippen molar-refractivity contribution < 1.29 is 9.53 Å². The Morgan fingerprint density at radius 2 is 2.40 bits per heavy atom. The lowest BCUT2D eigenvalue weighted by molar-refractivity contribution is 0.0520. The van der Waals surface area contributed by atoms with Gasteiger partial charge in [0.1, 0.15) is 5.69 Å². The molecule has 0 saturated carbocycles. The zero-order chi connectivity index (χ0) is 10.8. The summed E-state index contributed by atoms with van der Waals surface area (Å²) in [4.78, 5) is 18.8. The minimum absolute atomic E-state index is 0.326. The Balaban J connectivity index is 2.53. The largest absolute Gasteiger partial charge is 0.461 e. The molecule has 2 rings (SSSR count). The van der Waals surface area contributed by atoms with Crippen LogP contribution in [0.5, 0.6) is 0 Å². The maximum absolute atomic E-state index is 11.6. The average Bonchev–Trinajstić information content (AvgIpc) is 2.57. The van der Waals surface area contributed by atoms with E-state index in [0.29, 0.717) is 12.3 Å². The van der Waals surface area contributed by atoms with Crippen LogP contribution in [0.25, 0.3) is 11.0 Å². The molecule has 2 aromatic rings. The van der Waals surface area contributed by atoms with Crippen molar-refractivity contribution in [2.45, 2.75) is 13.8 Å². The van der Waals surface area contributed by atoms with E-state index in [-0.39, 0.29) is 5.97 Å². The van der Waals surface area contributed by atoms with Gasteiger partial charge in [0.25, 0.3) is 0 Å². The van der Waals surface area contributed by atoms with Crippen molar-refractivity contribution in [2.24, 2.45) is 0 Å². The number of nitrogens with zero attached hydrogens (tertiary/aromatic N) is 1. The summed E-state index contributed by atoms with van der Waals surface area (Å²) in [6.45, 7) is 4.02. The van der Waals surface area contributed by atoms with Gasteiger partial charge < -0.3 is 9.72 Å². The molecule has 1 N–H and O–H groups in total. The quantitative estimate of drug-likeness (QED) is 0.761. The molecule has 2 aromatic heterocycles. The Labute approximate surface area is 87.3 Å². The van der Waals surface area contributed by atoms with Crippen molar-refractivity contribution in [3.8, 4) is 0 Å². The van der Waals surface area contributed by atoms with Crippen molar-refractivity contribution in [1.82, 2.24) is 9.97 Å². The van der Waals surface area contributed by atoms with Gasteiger partial charge in [-0.25, -0.2) is 4.79 Å². The summed E-state index contributed by atoms with van der Waals surface area (Å²) < 4.78 is 4.94. The molecule has 2 heterocycles. The number of aromatic amines is 1. The first-order valence-corrected chi connectivity index (χ1v) is 4.84. The van der Waals surface area contributed by atoms with Gasteiger partial charge in [0, 0.05) is 11.8 Å². The second kappa shape index (κ2) is 3.73. The molecule has 0 bridgehead atoms. The van der Waals surface area contributed by atoms with Gasteiger partial charge in [0.15, 0.2) is 0 Å². The van der Waals surface area contributed by atoms with Crippen LogP contribution in [0.4, 0.5) is 0 Å². The van der Waals surface area contributed by atoms with Crippen LogP contribution in [0.2, 0.25) is 0 Å². The summed E-state index contributed by atoms with van der Waals surface area (Å²) in [5, 5.41) is 0. The zero-order valence-electron chi connectivity index (χ0n) is 8.70. The summed E-state index contributed by atoms with van der Waals surface area (Å²) in [5.41, 5.74) is 3.01. The number of nitrogens with one attached hydrogen (secondary N) is 1. The molecule has 0 aliphatic rings. The Bertz CT molecular complexity index is 502. The van der Waals surface area contributed by atoms with E-state index in [1.165, 1.54) is 0 Å². The van der Waals surface area contributed by atoms with E-state index in [4.69, 9.17) is 4.74 Å². The van der Waals surface area contributed by atoms with Crippen LogP contribution >= 0.6 is 0 Å². The Morgan fingerprint density at radius 3 is 3.07 bits per heavy atom. The first kappa shape index (κ1) is 9.71. The molecule has 0 radical (unpaired) electrons. The second-order valence-corrected chi connectivity index (χ2v) is 3.25. The highest BCUT2D eigenvalue weighted by Crippen LogP contribution is 2.19. The predicted molar refractivity (Wildman–Crippen MR) is 56.8 cm³/mol. The van der Waals surface area contributed by atoms with Crippen LogP contribution in [-0.4, -0.2) is 22.5 Å². The number of aromatic nitrogens is 2. The van der Waals surface area contributed by atoms with Gasteiger partial charge in [0.2, 0.25) is 0 Å². The van der Waals surface area contributed by atoms with Crippen molar-refractivity contribution in [3.05, 3.63) is 29.6 Å². The third kappa shape index (κ3) is 1.58. The molecular formula is C11H12N2O2. The minimum Gasteiger partial charge on any atom is -0.461 e. The number of hydrogen-bond acceptors (Lipinski definition) is 3. The fraction of sp³-hybridized carbons (Fsp3) is 0.273. The molecule has 0 aromatic carbocycles. The van der Waals surface area contributed by atoms with Gasteiger partial charge in [-0.3, -0.25) is 4.98 Å². The van der Waals surface area contributed by atoms with Crippen LogP contribution < -0.4 is 0 Å². The van der Waals surface area contributed by atoms with Crippen molar-refractivity contribution in [3.63, 3.8) is 0 Å². The number of pyridine rings is 1. The molecule has 0 spiro atoms. The van der Waals surface area contributed by atoms with Crippen LogP contribution in [0.1, 0.15) is 23.0 Å². The number of hydrogen-bond donors (Lipinski definition) is 1. The molecule has 15 heavy (non-hydrogen) atoms. The second-order valence-electron chi connectivity index (χ2n) is 3.25. The molecule has 4 nitrogen and oxygen atoms in total. The van der Waals surface area contributed by atoms with Gasteiger partial charge in [0.05, 0.1) is 17.6 Å². The molecule has 0 fully saturated rings. The van der Waals surface area contributed by atoms with Gasteiger partial charge >= 0.3 is 5.97 Å². The summed E-state index contributed by atoms with van der Waals surface area (Å²) in [6, 6.07) is 3.71. The lowest BCUT2D eigenvalue weighted by Crippen LogP contribution is -2.06. The number of fused-ring (bicyclic) bond motifs is 1. The number of ether oxygens (including phenoxy) is 1. The zero-order valence-corrected chi connectivity index (χ0v) is 8.70. The fourth-order valence-electron chi connectivity index (χ4n) is 1.56. The number of rotatable bonds is 2. The summed E-state index contributed by atoms with van der Waals surface area (Å²) in [7, 11) is 0. The third-order valence-electron chi connectivity index (χ3n) is 2.28. The van der Waals surface area contributed by atoms with E-state index in [1.54, 1.807) is 13.1 Å². The summed E-state index contributed by atoms with van der Waals surface area (Å²) >= 11 is 0. The Kier molecular flexibility index (Phi) is 2.41. The van der Waals surface area contributed by atoms with Crippen LogP contribution in [-0.2, 0) is 4.74 Å². The SMILES string of the molecule is CCOC(=O)c1[nH]c2cccnc2c1C. The van der Waals surface area contributed by atoms with Crippen molar-refractivity contribution in [2.75, 3.05) is 6.61 Å². The molecule has 0 saturated heterocycles. The van der Waals surface area contributed by atoms with E-state index in [2.05, 4.69) is 9.97 Å². The maximum atomic E-state index is 11.6. The normalized spacial score (nSPS) is 10.5. The van der Waals surface area contributed by atoms with Gasteiger partial charge in [-0.15, -0.1) is 0 Å². The predicted octanol–water partition coefficient (Wildman–Crippen LogP) is 2.05. The summed E-state index contributed by atoms with van der Waals surface area (Å²) in [6.07, 6.45) is 1.71.